The van der Waals surface area contributed by atoms with Crippen LogP contribution in [-0.4, -0.2) is 30.1 Å². The zero-order valence-electron chi connectivity index (χ0n) is 28.3. The molecule has 0 amide bonds. The van der Waals surface area contributed by atoms with E-state index in [-0.39, 0.29) is 35.0 Å². The van der Waals surface area contributed by atoms with Gasteiger partial charge in [-0.2, -0.15) is 0 Å². The lowest BCUT2D eigenvalue weighted by Crippen LogP contribution is -2.46. The van der Waals surface area contributed by atoms with E-state index in [4.69, 9.17) is 16.3 Å². The number of allylic oxidation sites excluding steroid dienone is 2. The van der Waals surface area contributed by atoms with Crippen molar-refractivity contribution >= 4 is 52.0 Å². The maximum Gasteiger partial charge on any atom is 0.327 e. The SMILES string of the molecule is CC(C)CC(NCC(NI)C(=O)OC(c1ccccc1)(c1ccc(C2CCCC2)cc1)c1ccccc1Cl)=C1C(=O)CC(C)(C)CC1=O. The van der Waals surface area contributed by atoms with Crippen LogP contribution in [0.15, 0.2) is 90.1 Å². The first-order chi connectivity index (χ1) is 22.9. The van der Waals surface area contributed by atoms with Gasteiger partial charge in [-0.15, -0.1) is 0 Å². The minimum atomic E-state index is -1.35. The summed E-state index contributed by atoms with van der Waals surface area (Å²) in [6.45, 7) is 8.10. The van der Waals surface area contributed by atoms with Crippen molar-refractivity contribution in [3.05, 3.63) is 117 Å². The number of hydrogen-bond donors (Lipinski definition) is 2. The van der Waals surface area contributed by atoms with Crippen molar-refractivity contribution in [3.63, 3.8) is 0 Å². The molecule has 2 unspecified atom stereocenters. The predicted molar refractivity (Wildman–Crippen MR) is 200 cm³/mol. The molecular weight excluding hydrogens is 735 g/mol. The fourth-order valence-electron chi connectivity index (χ4n) is 7.20. The highest BCUT2D eigenvalue weighted by atomic mass is 127. The monoisotopic (exact) mass is 780 g/mol. The molecule has 5 rings (SSSR count). The largest absolute Gasteiger partial charge is 0.443 e. The zero-order valence-corrected chi connectivity index (χ0v) is 31.2. The first kappa shape index (κ1) is 36.3. The second kappa shape index (κ2) is 15.7. The van der Waals surface area contributed by atoms with Gasteiger partial charge in [-0.1, -0.05) is 125 Å². The van der Waals surface area contributed by atoms with E-state index >= 15 is 0 Å². The molecule has 0 spiro atoms. The van der Waals surface area contributed by atoms with Crippen LogP contribution >= 0.6 is 34.5 Å². The van der Waals surface area contributed by atoms with E-state index in [1.165, 1.54) is 31.2 Å². The second-order valence-corrected chi connectivity index (χ2v) is 15.4. The Morgan fingerprint density at radius 1 is 0.917 bits per heavy atom. The smallest absolute Gasteiger partial charge is 0.327 e. The zero-order chi connectivity index (χ0) is 34.5. The fraction of sp³-hybridized carbons (Fsp3) is 0.425. The molecule has 2 N–H and O–H groups in total. The van der Waals surface area contributed by atoms with Gasteiger partial charge in [-0.3, -0.25) is 14.4 Å². The molecule has 0 aliphatic heterocycles. The van der Waals surface area contributed by atoms with E-state index in [0.717, 1.165) is 11.1 Å². The second-order valence-electron chi connectivity index (χ2n) is 14.4. The lowest BCUT2D eigenvalue weighted by atomic mass is 9.73. The third kappa shape index (κ3) is 8.06. The van der Waals surface area contributed by atoms with Gasteiger partial charge < -0.3 is 10.1 Å². The summed E-state index contributed by atoms with van der Waals surface area (Å²) < 4.78 is 9.84. The molecule has 3 aromatic carbocycles. The van der Waals surface area contributed by atoms with Crippen LogP contribution in [0.3, 0.4) is 0 Å². The standard InChI is InChI=1S/C40H46ClIN2O4/c1-26(2)22-33(37-35(45)23-39(3,4)24-36(37)46)43-25-34(44-42)38(47)48-40(29-14-6-5-7-15-29,31-16-10-11-17-32(31)41)30-20-18-28(19-21-30)27-12-8-9-13-27/h5-7,10-11,14-21,26-27,34,43-44H,8-9,12-13,22-25H2,1-4H3. The van der Waals surface area contributed by atoms with Gasteiger partial charge in [0.25, 0.3) is 0 Å². The van der Waals surface area contributed by atoms with Crippen LogP contribution in [0.5, 0.6) is 0 Å². The number of rotatable bonds is 12. The number of nitrogens with one attached hydrogen (secondary N) is 2. The van der Waals surface area contributed by atoms with E-state index in [1.54, 1.807) is 0 Å². The molecule has 0 aromatic heterocycles. The van der Waals surface area contributed by atoms with Crippen molar-refractivity contribution in [2.75, 3.05) is 6.54 Å². The molecule has 8 heteroatoms. The molecule has 2 saturated carbocycles. The van der Waals surface area contributed by atoms with E-state index in [9.17, 15) is 14.4 Å². The Kier molecular flexibility index (Phi) is 11.9. The Morgan fingerprint density at radius 3 is 2.08 bits per heavy atom. The molecule has 254 valence electrons. The van der Waals surface area contributed by atoms with Gasteiger partial charge in [0, 0.05) is 69.7 Å². The Balaban J connectivity index is 1.53. The number of Topliss-reactive ketones (excluding diaryl/α,β-unsaturated/α-hetero) is 2. The van der Waals surface area contributed by atoms with Gasteiger partial charge in [-0.05, 0) is 48.1 Å². The van der Waals surface area contributed by atoms with Gasteiger partial charge in [0.2, 0.25) is 0 Å². The van der Waals surface area contributed by atoms with Gasteiger partial charge in [-0.25, -0.2) is 3.53 Å². The van der Waals surface area contributed by atoms with Gasteiger partial charge in [0.15, 0.2) is 17.2 Å². The summed E-state index contributed by atoms with van der Waals surface area (Å²) in [6, 6.07) is 24.8. The minimum Gasteiger partial charge on any atom is -0.443 e. The molecule has 0 bridgehead atoms. The summed E-state index contributed by atoms with van der Waals surface area (Å²) in [4.78, 5) is 40.9. The highest BCUT2D eigenvalue weighted by Gasteiger charge is 2.44. The molecule has 48 heavy (non-hydrogen) atoms. The first-order valence-electron chi connectivity index (χ1n) is 17.0. The van der Waals surface area contributed by atoms with Crippen molar-refractivity contribution in [2.45, 2.75) is 90.2 Å². The van der Waals surface area contributed by atoms with Crippen LogP contribution in [0, 0.1) is 11.3 Å². The Labute approximate surface area is 303 Å². The summed E-state index contributed by atoms with van der Waals surface area (Å²) in [5.41, 5.74) is 2.61. The number of halogens is 2. The van der Waals surface area contributed by atoms with Crippen LogP contribution in [0.4, 0.5) is 0 Å². The molecule has 2 atom stereocenters. The number of carbonyl (C=O) groups excluding carboxylic acids is 3. The van der Waals surface area contributed by atoms with Crippen LogP contribution in [-0.2, 0) is 24.7 Å². The normalized spacial score (nSPS) is 18.4. The Hall–Kier alpha value is -3.01. The maximum atomic E-state index is 14.4. The maximum absolute atomic E-state index is 14.4. The molecule has 2 aliphatic carbocycles. The lowest BCUT2D eigenvalue weighted by molar-refractivity contribution is -0.155. The van der Waals surface area contributed by atoms with Gasteiger partial charge in [0.1, 0.15) is 6.04 Å². The average Bonchev–Trinajstić information content (AvgIpc) is 3.59. The van der Waals surface area contributed by atoms with Crippen molar-refractivity contribution in [1.29, 1.82) is 0 Å². The average molecular weight is 781 g/mol. The number of ether oxygens (including phenoxy) is 1. The van der Waals surface area contributed by atoms with E-state index < -0.39 is 17.6 Å². The molecular formula is C40H46ClIN2O4. The van der Waals surface area contributed by atoms with Crippen LogP contribution in [0.1, 0.15) is 101 Å². The molecule has 0 heterocycles. The number of hydrogen-bond acceptors (Lipinski definition) is 6. The Bertz CT molecular complexity index is 1630. The van der Waals surface area contributed by atoms with Crippen LogP contribution in [0.2, 0.25) is 5.02 Å². The molecule has 2 fully saturated rings. The number of ketones is 2. The number of benzene rings is 3. The summed E-state index contributed by atoms with van der Waals surface area (Å²) >= 11 is 8.90. The quantitative estimate of drug-likeness (QED) is 0.0477. The third-order valence-electron chi connectivity index (χ3n) is 9.52. The molecule has 2 aliphatic rings. The highest BCUT2D eigenvalue weighted by molar-refractivity contribution is 14.1. The van der Waals surface area contributed by atoms with Gasteiger partial charge >= 0.3 is 5.97 Å². The number of carbonyl (C=O) groups is 3. The van der Waals surface area contributed by atoms with E-state index in [0.29, 0.717) is 41.5 Å². The minimum absolute atomic E-state index is 0.116. The van der Waals surface area contributed by atoms with Crippen molar-refractivity contribution in [1.82, 2.24) is 8.85 Å². The summed E-state index contributed by atoms with van der Waals surface area (Å²) in [6.07, 6.45) is 5.98. The molecule has 0 radical (unpaired) electrons. The van der Waals surface area contributed by atoms with Crippen molar-refractivity contribution in [3.8, 4) is 0 Å². The molecule has 6 nitrogen and oxygen atoms in total. The van der Waals surface area contributed by atoms with Crippen LogP contribution in [0.25, 0.3) is 0 Å². The topological polar surface area (TPSA) is 84.5 Å². The lowest BCUT2D eigenvalue weighted by Gasteiger charge is -2.37. The summed E-state index contributed by atoms with van der Waals surface area (Å²) in [5, 5.41) is 3.82. The highest BCUT2D eigenvalue weighted by Crippen LogP contribution is 2.45. The number of esters is 1. The van der Waals surface area contributed by atoms with Gasteiger partial charge in [0.05, 0.1) is 5.57 Å². The van der Waals surface area contributed by atoms with Crippen LogP contribution < -0.4 is 8.85 Å². The summed E-state index contributed by atoms with van der Waals surface area (Å²) in [7, 11) is 0. The first-order valence-corrected chi connectivity index (χ1v) is 18.4. The predicted octanol–water partition coefficient (Wildman–Crippen LogP) is 8.99. The van der Waals surface area contributed by atoms with Crippen molar-refractivity contribution < 1.29 is 19.1 Å². The molecule has 0 saturated heterocycles. The Morgan fingerprint density at radius 2 is 1.50 bits per heavy atom. The fourth-order valence-corrected chi connectivity index (χ4v) is 7.95. The third-order valence-corrected chi connectivity index (χ3v) is 10.6. The van der Waals surface area contributed by atoms with E-state index in [2.05, 4.69) is 33.1 Å². The van der Waals surface area contributed by atoms with E-state index in [1.807, 2.05) is 105 Å². The summed E-state index contributed by atoms with van der Waals surface area (Å²) in [5.74, 6) is -0.0777. The molecule has 3 aromatic rings. The van der Waals surface area contributed by atoms with Crippen molar-refractivity contribution in [2.24, 2.45) is 11.3 Å².